The number of aryl methyl sites for hydroxylation is 1. The highest BCUT2D eigenvalue weighted by Crippen LogP contribution is 2.25. The number of fused-ring (bicyclic) bond motifs is 1. The molecule has 2 N–H and O–H groups in total. The molecule has 1 aromatic carbocycles. The summed E-state index contributed by atoms with van der Waals surface area (Å²) in [7, 11) is 0. The number of aromatic amines is 1. The van der Waals surface area contributed by atoms with Crippen LogP contribution in [-0.2, 0) is 0 Å². The van der Waals surface area contributed by atoms with Crippen molar-refractivity contribution in [2.75, 3.05) is 0 Å². The van der Waals surface area contributed by atoms with Gasteiger partial charge < -0.3 is 10.1 Å². The van der Waals surface area contributed by atoms with Crippen molar-refractivity contribution < 1.29 is 9.90 Å². The average molecular weight is 254 g/mol. The lowest BCUT2D eigenvalue weighted by Gasteiger charge is -1.97. The van der Waals surface area contributed by atoms with Gasteiger partial charge >= 0.3 is 5.97 Å². The Morgan fingerprint density at radius 2 is 2.14 bits per heavy atom. The van der Waals surface area contributed by atoms with E-state index in [1.165, 1.54) is 0 Å². The van der Waals surface area contributed by atoms with Gasteiger partial charge in [-0.05, 0) is 41.1 Å². The van der Waals surface area contributed by atoms with Crippen LogP contribution in [0.2, 0.25) is 0 Å². The molecule has 2 rings (SSSR count). The van der Waals surface area contributed by atoms with E-state index in [0.717, 1.165) is 21.1 Å². The highest BCUT2D eigenvalue weighted by Gasteiger charge is 2.08. The molecule has 3 nitrogen and oxygen atoms in total. The first-order chi connectivity index (χ1) is 6.58. The van der Waals surface area contributed by atoms with E-state index in [-0.39, 0.29) is 0 Å². The van der Waals surface area contributed by atoms with Crippen LogP contribution in [0.25, 0.3) is 10.9 Å². The average Bonchev–Trinajstić information content (AvgIpc) is 2.45. The number of nitrogens with one attached hydrogen (secondary N) is 1. The van der Waals surface area contributed by atoms with Crippen LogP contribution in [-0.4, -0.2) is 16.1 Å². The Morgan fingerprint density at radius 3 is 2.79 bits per heavy atom. The number of hydrogen-bond acceptors (Lipinski definition) is 1. The SMILES string of the molecule is Cc1cc2cc(C(=O)O)cc(Br)c2[nH]1. The van der Waals surface area contributed by atoms with Crippen molar-refractivity contribution in [3.63, 3.8) is 0 Å². The number of benzene rings is 1. The van der Waals surface area contributed by atoms with Crippen molar-refractivity contribution in [2.24, 2.45) is 0 Å². The summed E-state index contributed by atoms with van der Waals surface area (Å²) in [6.07, 6.45) is 0. The van der Waals surface area contributed by atoms with Crippen LogP contribution in [0.1, 0.15) is 16.1 Å². The molecule has 1 heterocycles. The fourth-order valence-electron chi connectivity index (χ4n) is 1.46. The van der Waals surface area contributed by atoms with E-state index < -0.39 is 5.97 Å². The monoisotopic (exact) mass is 253 g/mol. The zero-order valence-corrected chi connectivity index (χ0v) is 9.05. The van der Waals surface area contributed by atoms with Gasteiger partial charge in [-0.3, -0.25) is 0 Å². The van der Waals surface area contributed by atoms with Crippen LogP contribution in [0.3, 0.4) is 0 Å². The zero-order chi connectivity index (χ0) is 10.3. The van der Waals surface area contributed by atoms with Crippen molar-refractivity contribution in [1.29, 1.82) is 0 Å². The first-order valence-corrected chi connectivity index (χ1v) is 4.89. The van der Waals surface area contributed by atoms with Gasteiger partial charge in [0.15, 0.2) is 0 Å². The maximum absolute atomic E-state index is 10.8. The van der Waals surface area contributed by atoms with E-state index in [0.29, 0.717) is 5.56 Å². The number of aromatic carboxylic acids is 1. The number of rotatable bonds is 1. The Labute approximate surface area is 88.9 Å². The van der Waals surface area contributed by atoms with Gasteiger partial charge in [-0.25, -0.2) is 4.79 Å². The molecule has 0 unspecified atom stereocenters. The molecule has 0 bridgehead atoms. The molecule has 0 aliphatic carbocycles. The van der Waals surface area contributed by atoms with Gasteiger partial charge in [0.2, 0.25) is 0 Å². The molecule has 0 radical (unpaired) electrons. The second-order valence-electron chi connectivity index (χ2n) is 3.18. The van der Waals surface area contributed by atoms with Gasteiger partial charge in [0, 0.05) is 15.6 Å². The number of aromatic nitrogens is 1. The van der Waals surface area contributed by atoms with Gasteiger partial charge in [0.25, 0.3) is 0 Å². The molecule has 0 aliphatic heterocycles. The third kappa shape index (κ3) is 1.42. The van der Waals surface area contributed by atoms with E-state index in [4.69, 9.17) is 5.11 Å². The predicted octanol–water partition coefficient (Wildman–Crippen LogP) is 2.94. The number of carboxylic acid groups (broad SMARTS) is 1. The minimum Gasteiger partial charge on any atom is -0.478 e. The highest BCUT2D eigenvalue weighted by molar-refractivity contribution is 9.10. The van der Waals surface area contributed by atoms with Crippen LogP contribution in [0.5, 0.6) is 0 Å². The quantitative estimate of drug-likeness (QED) is 0.821. The Bertz CT molecular complexity index is 516. The standard InChI is InChI=1S/C10H8BrNO2/c1-5-2-6-3-7(10(13)14)4-8(11)9(6)12-5/h2-4,12H,1H3,(H,13,14). The normalized spacial score (nSPS) is 10.7. The Kier molecular flexibility index (Phi) is 2.07. The third-order valence-electron chi connectivity index (χ3n) is 2.06. The Balaban J connectivity index is 2.77. The van der Waals surface area contributed by atoms with Crippen LogP contribution >= 0.6 is 15.9 Å². The van der Waals surface area contributed by atoms with Gasteiger partial charge in [-0.1, -0.05) is 0 Å². The molecular formula is C10H8BrNO2. The molecule has 0 atom stereocenters. The number of H-pyrrole nitrogens is 1. The molecule has 0 aliphatic rings. The van der Waals surface area contributed by atoms with Crippen LogP contribution < -0.4 is 0 Å². The van der Waals surface area contributed by atoms with Crippen molar-refractivity contribution in [3.05, 3.63) is 33.9 Å². The van der Waals surface area contributed by atoms with Crippen molar-refractivity contribution in [3.8, 4) is 0 Å². The summed E-state index contributed by atoms with van der Waals surface area (Å²) in [5.74, 6) is -0.911. The first-order valence-electron chi connectivity index (χ1n) is 4.10. The highest BCUT2D eigenvalue weighted by atomic mass is 79.9. The van der Waals surface area contributed by atoms with Gasteiger partial charge in [-0.2, -0.15) is 0 Å². The van der Waals surface area contributed by atoms with Crippen LogP contribution in [0.4, 0.5) is 0 Å². The van der Waals surface area contributed by atoms with E-state index in [1.54, 1.807) is 12.1 Å². The maximum atomic E-state index is 10.8. The molecule has 4 heteroatoms. The number of halogens is 1. The summed E-state index contributed by atoms with van der Waals surface area (Å²) in [5, 5.41) is 9.76. The summed E-state index contributed by atoms with van der Waals surface area (Å²) in [6, 6.07) is 5.18. The largest absolute Gasteiger partial charge is 0.478 e. The molecule has 1 aromatic heterocycles. The molecule has 14 heavy (non-hydrogen) atoms. The lowest BCUT2D eigenvalue weighted by molar-refractivity contribution is 0.0697. The third-order valence-corrected chi connectivity index (χ3v) is 2.69. The minimum atomic E-state index is -0.911. The fourth-order valence-corrected chi connectivity index (χ4v) is 2.04. The van der Waals surface area contributed by atoms with Gasteiger partial charge in [-0.15, -0.1) is 0 Å². The minimum absolute atomic E-state index is 0.295. The molecule has 0 saturated carbocycles. The van der Waals surface area contributed by atoms with E-state index in [9.17, 15) is 4.79 Å². The molecule has 0 fully saturated rings. The Hall–Kier alpha value is -1.29. The van der Waals surface area contributed by atoms with E-state index >= 15 is 0 Å². The second kappa shape index (κ2) is 3.13. The van der Waals surface area contributed by atoms with Crippen LogP contribution in [0.15, 0.2) is 22.7 Å². The van der Waals surface area contributed by atoms with Crippen molar-refractivity contribution in [2.45, 2.75) is 6.92 Å². The van der Waals surface area contributed by atoms with Gasteiger partial charge in [0.05, 0.1) is 11.1 Å². The fraction of sp³-hybridized carbons (Fsp3) is 0.100. The molecule has 0 spiro atoms. The summed E-state index contributed by atoms with van der Waals surface area (Å²) < 4.78 is 0.778. The summed E-state index contributed by atoms with van der Waals surface area (Å²) >= 11 is 3.33. The number of carbonyl (C=O) groups is 1. The zero-order valence-electron chi connectivity index (χ0n) is 7.47. The van der Waals surface area contributed by atoms with Crippen molar-refractivity contribution >= 4 is 32.8 Å². The number of hydrogen-bond donors (Lipinski definition) is 2. The topological polar surface area (TPSA) is 53.1 Å². The molecule has 72 valence electrons. The van der Waals surface area contributed by atoms with E-state index in [2.05, 4.69) is 20.9 Å². The molecule has 0 saturated heterocycles. The predicted molar refractivity (Wildman–Crippen MR) is 57.7 cm³/mol. The summed E-state index contributed by atoms with van der Waals surface area (Å²) in [5.41, 5.74) is 2.25. The smallest absolute Gasteiger partial charge is 0.335 e. The first kappa shape index (κ1) is 9.27. The number of carboxylic acids is 1. The second-order valence-corrected chi connectivity index (χ2v) is 4.03. The maximum Gasteiger partial charge on any atom is 0.335 e. The summed E-state index contributed by atoms with van der Waals surface area (Å²) in [4.78, 5) is 13.9. The molecular weight excluding hydrogens is 246 g/mol. The summed E-state index contributed by atoms with van der Waals surface area (Å²) in [6.45, 7) is 1.94. The van der Waals surface area contributed by atoms with Crippen LogP contribution in [0, 0.1) is 6.92 Å². The van der Waals surface area contributed by atoms with E-state index in [1.807, 2.05) is 13.0 Å². The molecule has 2 aromatic rings. The van der Waals surface area contributed by atoms with Gasteiger partial charge in [0.1, 0.15) is 0 Å². The van der Waals surface area contributed by atoms with Crippen molar-refractivity contribution in [1.82, 2.24) is 4.98 Å². The lowest BCUT2D eigenvalue weighted by atomic mass is 10.1. The Morgan fingerprint density at radius 1 is 1.43 bits per heavy atom. The lowest BCUT2D eigenvalue weighted by Crippen LogP contribution is -1.95. The molecule has 0 amide bonds.